The molecule has 0 aromatic heterocycles. The lowest BCUT2D eigenvalue weighted by atomic mass is 10.1. The van der Waals surface area contributed by atoms with Gasteiger partial charge in [-0.2, -0.15) is 0 Å². The van der Waals surface area contributed by atoms with Crippen molar-refractivity contribution in [2.75, 3.05) is 6.61 Å². The normalized spacial score (nSPS) is 27.0. The van der Waals surface area contributed by atoms with Gasteiger partial charge in [0.05, 0.1) is 17.6 Å². The monoisotopic (exact) mass is 302 g/mol. The van der Waals surface area contributed by atoms with Crippen LogP contribution < -0.4 is 0 Å². The van der Waals surface area contributed by atoms with E-state index >= 15 is 0 Å². The summed E-state index contributed by atoms with van der Waals surface area (Å²) >= 11 is 0. The predicted molar refractivity (Wildman–Crippen MR) is 79.1 cm³/mol. The van der Waals surface area contributed by atoms with Crippen LogP contribution in [0.4, 0.5) is 0 Å². The number of esters is 1. The van der Waals surface area contributed by atoms with Gasteiger partial charge in [-0.15, -0.1) is 0 Å². The van der Waals surface area contributed by atoms with Crippen LogP contribution in [0.1, 0.15) is 27.7 Å². The average Bonchev–Trinajstić information content (AvgIpc) is 2.27. The van der Waals surface area contributed by atoms with Gasteiger partial charge in [-0.25, -0.2) is 0 Å². The van der Waals surface area contributed by atoms with Crippen molar-refractivity contribution < 1.29 is 24.1 Å². The van der Waals surface area contributed by atoms with Gasteiger partial charge in [0.2, 0.25) is 0 Å². The van der Waals surface area contributed by atoms with Gasteiger partial charge in [0.1, 0.15) is 14.9 Å². The molecule has 6 heteroatoms. The molecule has 1 heterocycles. The number of aliphatic hydroxyl groups is 1. The summed E-state index contributed by atoms with van der Waals surface area (Å²) < 4.78 is 16.8. The summed E-state index contributed by atoms with van der Waals surface area (Å²) in [5.74, 6) is -0.433. The van der Waals surface area contributed by atoms with E-state index in [1.54, 1.807) is 6.08 Å². The Balaban J connectivity index is 2.84. The van der Waals surface area contributed by atoms with Crippen LogP contribution in [0.5, 0.6) is 0 Å². The summed E-state index contributed by atoms with van der Waals surface area (Å²) in [7, 11) is -1.18. The van der Waals surface area contributed by atoms with Gasteiger partial charge in [0, 0.05) is 6.92 Å². The van der Waals surface area contributed by atoms with E-state index in [4.69, 9.17) is 14.2 Å². The molecule has 116 valence electrons. The van der Waals surface area contributed by atoms with Crippen LogP contribution in [0.25, 0.3) is 0 Å². The molecule has 0 amide bonds. The molecule has 0 aliphatic carbocycles. The molecule has 0 spiro atoms. The van der Waals surface area contributed by atoms with Crippen LogP contribution in [-0.2, 0) is 19.0 Å². The molecule has 20 heavy (non-hydrogen) atoms. The van der Waals surface area contributed by atoms with E-state index < -0.39 is 33.1 Å². The highest BCUT2D eigenvalue weighted by Gasteiger charge is 2.38. The van der Waals surface area contributed by atoms with Crippen molar-refractivity contribution >= 4 is 14.8 Å². The summed E-state index contributed by atoms with van der Waals surface area (Å²) in [6, 6.07) is 0. The summed E-state index contributed by atoms with van der Waals surface area (Å²) in [6.07, 6.45) is -0.363. The van der Waals surface area contributed by atoms with E-state index in [1.165, 1.54) is 6.92 Å². The zero-order chi connectivity index (χ0) is 15.5. The van der Waals surface area contributed by atoms with Crippen molar-refractivity contribution in [1.29, 1.82) is 0 Å². The summed E-state index contributed by atoms with van der Waals surface area (Å²) in [6.45, 7) is 11.7. The molecular weight excluding hydrogens is 276 g/mol. The zero-order valence-corrected chi connectivity index (χ0v) is 14.3. The quantitative estimate of drug-likeness (QED) is 0.628. The molecule has 5 nitrogen and oxygen atoms in total. The molecule has 0 radical (unpaired) electrons. The number of rotatable bonds is 4. The van der Waals surface area contributed by atoms with Crippen LogP contribution in [0, 0.1) is 0 Å². The molecule has 3 atom stereocenters. The molecule has 1 N–H and O–H groups in total. The zero-order valence-electron chi connectivity index (χ0n) is 13.2. The predicted octanol–water partition coefficient (Wildman–Crippen LogP) is 1.40. The van der Waals surface area contributed by atoms with Gasteiger partial charge in [0.25, 0.3) is 0 Å². The molecule has 0 aromatic carbocycles. The Kier molecular flexibility index (Phi) is 5.79. The second-order valence-electron chi connectivity index (χ2n) is 6.37. The Morgan fingerprint density at radius 3 is 2.50 bits per heavy atom. The van der Waals surface area contributed by atoms with Crippen molar-refractivity contribution in [3.05, 3.63) is 11.5 Å². The molecule has 0 unspecified atom stereocenters. The standard InChI is InChI=1S/C14H26O5Si/c1-9(15)18-13-10(16)7-12(20(5)6)19-11(13)8-17-14(2,3)4/h7,10-11,13,16,20H,8H2,1-6H3/t10-,11-,13+/m1/s1. The Hall–Kier alpha value is -0.853. The van der Waals surface area contributed by atoms with E-state index in [2.05, 4.69) is 13.1 Å². The minimum Gasteiger partial charge on any atom is -0.494 e. The van der Waals surface area contributed by atoms with Gasteiger partial charge >= 0.3 is 5.97 Å². The van der Waals surface area contributed by atoms with E-state index in [9.17, 15) is 9.90 Å². The molecule has 0 bridgehead atoms. The van der Waals surface area contributed by atoms with E-state index in [0.717, 1.165) is 5.38 Å². The molecule has 0 fully saturated rings. The van der Waals surface area contributed by atoms with Crippen molar-refractivity contribution in [3.8, 4) is 0 Å². The molecule has 0 saturated heterocycles. The second-order valence-corrected chi connectivity index (χ2v) is 9.25. The molecule has 0 aromatic rings. The number of hydrogen-bond acceptors (Lipinski definition) is 5. The third kappa shape index (κ3) is 5.26. The van der Waals surface area contributed by atoms with E-state index in [-0.39, 0.29) is 12.2 Å². The Morgan fingerprint density at radius 2 is 2.05 bits per heavy atom. The van der Waals surface area contributed by atoms with Gasteiger partial charge < -0.3 is 19.3 Å². The first kappa shape index (κ1) is 17.2. The van der Waals surface area contributed by atoms with Gasteiger partial charge in [-0.3, -0.25) is 4.79 Å². The largest absolute Gasteiger partial charge is 0.494 e. The molecule has 1 aliphatic rings. The SMILES string of the molecule is CC(=O)O[C@H]1[C@H](O)C=C([SiH](C)C)O[C@@H]1COC(C)(C)C. The molecule has 1 rings (SSSR count). The van der Waals surface area contributed by atoms with Crippen LogP contribution >= 0.6 is 0 Å². The van der Waals surface area contributed by atoms with Crippen LogP contribution in [0.3, 0.4) is 0 Å². The van der Waals surface area contributed by atoms with Crippen LogP contribution in [0.2, 0.25) is 13.1 Å². The minimum absolute atomic E-state index is 0.275. The number of carbonyl (C=O) groups excluding carboxylic acids is 1. The first-order chi connectivity index (χ1) is 9.10. The van der Waals surface area contributed by atoms with Gasteiger partial charge in [0.15, 0.2) is 12.2 Å². The fourth-order valence-corrected chi connectivity index (χ4v) is 2.92. The average molecular weight is 302 g/mol. The van der Waals surface area contributed by atoms with Gasteiger partial charge in [-0.1, -0.05) is 13.1 Å². The molecule has 0 saturated carbocycles. The van der Waals surface area contributed by atoms with Gasteiger partial charge in [-0.05, 0) is 26.8 Å². The number of carbonyl (C=O) groups is 1. The molecule has 1 aliphatic heterocycles. The minimum atomic E-state index is -1.18. The summed E-state index contributed by atoms with van der Waals surface area (Å²) in [5.41, 5.74) is -0.314. The summed E-state index contributed by atoms with van der Waals surface area (Å²) in [5, 5.41) is 11.0. The van der Waals surface area contributed by atoms with E-state index in [1.807, 2.05) is 20.8 Å². The highest BCUT2D eigenvalue weighted by atomic mass is 28.3. The number of aliphatic hydroxyl groups excluding tert-OH is 1. The number of ether oxygens (including phenoxy) is 3. The lowest BCUT2D eigenvalue weighted by molar-refractivity contribution is -0.171. The van der Waals surface area contributed by atoms with Crippen molar-refractivity contribution in [3.63, 3.8) is 0 Å². The third-order valence-electron chi connectivity index (χ3n) is 2.88. The van der Waals surface area contributed by atoms with E-state index in [0.29, 0.717) is 0 Å². The molecular formula is C14H26O5Si. The first-order valence-electron chi connectivity index (χ1n) is 6.98. The maximum absolute atomic E-state index is 11.2. The fourth-order valence-electron chi connectivity index (χ4n) is 1.89. The highest BCUT2D eigenvalue weighted by Crippen LogP contribution is 2.24. The van der Waals surface area contributed by atoms with Crippen LogP contribution in [-0.4, -0.2) is 50.4 Å². The maximum Gasteiger partial charge on any atom is 0.303 e. The van der Waals surface area contributed by atoms with Crippen molar-refractivity contribution in [2.24, 2.45) is 0 Å². The maximum atomic E-state index is 11.2. The smallest absolute Gasteiger partial charge is 0.303 e. The Labute approximate surface area is 122 Å². The summed E-state index contributed by atoms with van der Waals surface area (Å²) in [4.78, 5) is 11.2. The lowest BCUT2D eigenvalue weighted by Gasteiger charge is -2.36. The highest BCUT2D eigenvalue weighted by molar-refractivity contribution is 6.63. The first-order valence-corrected chi connectivity index (χ1v) is 9.86. The number of hydrogen-bond donors (Lipinski definition) is 1. The Morgan fingerprint density at radius 1 is 1.45 bits per heavy atom. The third-order valence-corrected chi connectivity index (χ3v) is 4.34. The second kappa shape index (κ2) is 6.73. The van der Waals surface area contributed by atoms with Crippen molar-refractivity contribution in [2.45, 2.75) is 64.7 Å². The lowest BCUT2D eigenvalue weighted by Crippen LogP contribution is -2.48. The van der Waals surface area contributed by atoms with Crippen molar-refractivity contribution in [1.82, 2.24) is 0 Å². The topological polar surface area (TPSA) is 65.0 Å². The van der Waals surface area contributed by atoms with Crippen LogP contribution in [0.15, 0.2) is 11.5 Å². The Bertz CT molecular complexity index is 372. The fraction of sp³-hybridized carbons (Fsp3) is 0.786.